The lowest BCUT2D eigenvalue weighted by Crippen LogP contribution is -2.35. The molecule has 0 amide bonds. The molecule has 2 saturated heterocycles. The van der Waals surface area contributed by atoms with Crippen molar-refractivity contribution >= 4 is 0 Å². The second kappa shape index (κ2) is 6.20. The zero-order chi connectivity index (χ0) is 14.8. The van der Waals surface area contributed by atoms with E-state index in [0.29, 0.717) is 12.5 Å². The number of ether oxygens (including phenoxy) is 2. The Morgan fingerprint density at radius 2 is 2.09 bits per heavy atom. The standard InChI is InChI=1S/C15H19N3O4/c1-4-20-9-11(1)14-16-15(22-17-14)12-7-13(21-10-12)8-18-2-5-19-6-3-18/h7,10-11H,1-6,8-9H2. The van der Waals surface area contributed by atoms with E-state index < -0.39 is 0 Å². The van der Waals surface area contributed by atoms with Crippen molar-refractivity contribution in [2.24, 2.45) is 0 Å². The summed E-state index contributed by atoms with van der Waals surface area (Å²) in [6.45, 7) is 5.65. The normalized spacial score (nSPS) is 23.2. The summed E-state index contributed by atoms with van der Waals surface area (Å²) in [6.07, 6.45) is 2.63. The second-order valence-electron chi connectivity index (χ2n) is 5.71. The Kier molecular flexibility index (Phi) is 3.92. The van der Waals surface area contributed by atoms with Gasteiger partial charge in [0.05, 0.1) is 31.9 Å². The van der Waals surface area contributed by atoms with Crippen LogP contribution in [0.1, 0.15) is 23.9 Å². The minimum absolute atomic E-state index is 0.247. The summed E-state index contributed by atoms with van der Waals surface area (Å²) in [4.78, 5) is 6.78. The first-order chi connectivity index (χ1) is 10.9. The molecule has 7 nitrogen and oxygen atoms in total. The van der Waals surface area contributed by atoms with Crippen molar-refractivity contribution in [3.05, 3.63) is 23.9 Å². The van der Waals surface area contributed by atoms with Crippen molar-refractivity contribution in [2.45, 2.75) is 18.9 Å². The third-order valence-electron chi connectivity index (χ3n) is 4.12. The van der Waals surface area contributed by atoms with Gasteiger partial charge in [-0.15, -0.1) is 0 Å². The number of rotatable bonds is 4. The SMILES string of the molecule is c1oc(CN2CCOCC2)cc1-c1nc(C2CCOC2)no1. The van der Waals surface area contributed by atoms with Crippen LogP contribution in [0.15, 0.2) is 21.3 Å². The van der Waals surface area contributed by atoms with Crippen LogP contribution in [0.25, 0.3) is 11.5 Å². The number of hydrogen-bond donors (Lipinski definition) is 0. The zero-order valence-corrected chi connectivity index (χ0v) is 12.4. The molecule has 118 valence electrons. The minimum atomic E-state index is 0.247. The van der Waals surface area contributed by atoms with Crippen LogP contribution >= 0.6 is 0 Å². The highest BCUT2D eigenvalue weighted by atomic mass is 16.5. The summed E-state index contributed by atoms with van der Waals surface area (Å²) in [7, 11) is 0. The fraction of sp³-hybridized carbons (Fsp3) is 0.600. The Morgan fingerprint density at radius 1 is 1.18 bits per heavy atom. The summed E-state index contributed by atoms with van der Waals surface area (Å²) in [6, 6.07) is 1.97. The van der Waals surface area contributed by atoms with E-state index in [2.05, 4.69) is 15.0 Å². The van der Waals surface area contributed by atoms with E-state index in [4.69, 9.17) is 18.4 Å². The lowest BCUT2D eigenvalue weighted by Gasteiger charge is -2.25. The molecule has 0 bridgehead atoms. The molecule has 1 atom stereocenters. The van der Waals surface area contributed by atoms with E-state index in [1.54, 1.807) is 6.26 Å². The highest BCUT2D eigenvalue weighted by Crippen LogP contribution is 2.26. The first-order valence-electron chi connectivity index (χ1n) is 7.68. The van der Waals surface area contributed by atoms with E-state index >= 15 is 0 Å². The Morgan fingerprint density at radius 3 is 2.91 bits per heavy atom. The van der Waals surface area contributed by atoms with Gasteiger partial charge in [-0.3, -0.25) is 4.90 Å². The molecule has 0 radical (unpaired) electrons. The fourth-order valence-corrected chi connectivity index (χ4v) is 2.81. The second-order valence-corrected chi connectivity index (χ2v) is 5.71. The van der Waals surface area contributed by atoms with Gasteiger partial charge in [-0.1, -0.05) is 5.16 Å². The topological polar surface area (TPSA) is 73.8 Å². The fourth-order valence-electron chi connectivity index (χ4n) is 2.81. The molecule has 2 aromatic heterocycles. The van der Waals surface area contributed by atoms with Gasteiger partial charge in [-0.2, -0.15) is 4.98 Å². The number of nitrogens with zero attached hydrogens (tertiary/aromatic N) is 3. The van der Waals surface area contributed by atoms with E-state index in [0.717, 1.165) is 63.0 Å². The minimum Gasteiger partial charge on any atom is -0.467 e. The predicted octanol–water partition coefficient (Wildman–Crippen LogP) is 1.67. The molecular weight excluding hydrogens is 286 g/mol. The number of furan rings is 1. The molecule has 0 N–H and O–H groups in total. The lowest BCUT2D eigenvalue weighted by molar-refractivity contribution is 0.0313. The van der Waals surface area contributed by atoms with Gasteiger partial charge in [0.1, 0.15) is 12.0 Å². The van der Waals surface area contributed by atoms with Crippen molar-refractivity contribution in [3.63, 3.8) is 0 Å². The molecule has 1 unspecified atom stereocenters. The van der Waals surface area contributed by atoms with E-state index in [9.17, 15) is 0 Å². The Balaban J connectivity index is 1.44. The average molecular weight is 305 g/mol. The van der Waals surface area contributed by atoms with Crippen LogP contribution < -0.4 is 0 Å². The highest BCUT2D eigenvalue weighted by molar-refractivity contribution is 5.51. The monoisotopic (exact) mass is 305 g/mol. The molecule has 0 aliphatic carbocycles. The van der Waals surface area contributed by atoms with Crippen molar-refractivity contribution < 1.29 is 18.4 Å². The molecule has 7 heteroatoms. The third kappa shape index (κ3) is 2.92. The largest absolute Gasteiger partial charge is 0.467 e. The first-order valence-corrected chi connectivity index (χ1v) is 7.68. The molecule has 4 heterocycles. The van der Waals surface area contributed by atoms with Crippen LogP contribution in [-0.4, -0.2) is 54.6 Å². The molecule has 0 aromatic carbocycles. The summed E-state index contributed by atoms with van der Waals surface area (Å²) < 4.78 is 21.7. The molecule has 0 spiro atoms. The molecule has 2 fully saturated rings. The van der Waals surface area contributed by atoms with Crippen molar-refractivity contribution in [2.75, 3.05) is 39.5 Å². The maximum absolute atomic E-state index is 5.62. The van der Waals surface area contributed by atoms with Crippen LogP contribution in [0.4, 0.5) is 0 Å². The van der Waals surface area contributed by atoms with Crippen LogP contribution in [0.5, 0.6) is 0 Å². The number of hydrogen-bond acceptors (Lipinski definition) is 7. The summed E-state index contributed by atoms with van der Waals surface area (Å²) in [5, 5.41) is 4.06. The van der Waals surface area contributed by atoms with Gasteiger partial charge in [-0.25, -0.2) is 0 Å². The summed E-state index contributed by atoms with van der Waals surface area (Å²) in [5.74, 6) is 2.39. The van der Waals surface area contributed by atoms with Gasteiger partial charge in [0.25, 0.3) is 5.89 Å². The number of aromatic nitrogens is 2. The molecule has 2 aromatic rings. The number of morpholine rings is 1. The van der Waals surface area contributed by atoms with Gasteiger partial charge in [0, 0.05) is 25.6 Å². The van der Waals surface area contributed by atoms with Crippen molar-refractivity contribution in [1.82, 2.24) is 15.0 Å². The van der Waals surface area contributed by atoms with Gasteiger partial charge in [0.2, 0.25) is 0 Å². The van der Waals surface area contributed by atoms with Gasteiger partial charge >= 0.3 is 0 Å². The molecule has 2 aliphatic rings. The van der Waals surface area contributed by atoms with Gasteiger partial charge in [-0.05, 0) is 12.5 Å². The third-order valence-corrected chi connectivity index (χ3v) is 4.12. The summed E-state index contributed by atoms with van der Waals surface area (Å²) in [5.41, 5.74) is 0.834. The molecule has 2 aliphatic heterocycles. The van der Waals surface area contributed by atoms with E-state index in [1.807, 2.05) is 6.07 Å². The maximum Gasteiger partial charge on any atom is 0.261 e. The Hall–Kier alpha value is -1.70. The van der Waals surface area contributed by atoms with Gasteiger partial charge < -0.3 is 18.4 Å². The lowest BCUT2D eigenvalue weighted by atomic mass is 10.1. The quantitative estimate of drug-likeness (QED) is 0.850. The predicted molar refractivity (Wildman–Crippen MR) is 76.3 cm³/mol. The average Bonchev–Trinajstić information content (AvgIpc) is 3.29. The Labute approximate surface area is 128 Å². The Bertz CT molecular complexity index is 612. The van der Waals surface area contributed by atoms with Crippen molar-refractivity contribution in [3.8, 4) is 11.5 Å². The van der Waals surface area contributed by atoms with Crippen molar-refractivity contribution in [1.29, 1.82) is 0 Å². The molecular formula is C15H19N3O4. The highest BCUT2D eigenvalue weighted by Gasteiger charge is 2.24. The summed E-state index contributed by atoms with van der Waals surface area (Å²) >= 11 is 0. The zero-order valence-electron chi connectivity index (χ0n) is 12.4. The molecule has 22 heavy (non-hydrogen) atoms. The first kappa shape index (κ1) is 13.9. The molecule has 4 rings (SSSR count). The van der Waals surface area contributed by atoms with Crippen LogP contribution in [-0.2, 0) is 16.0 Å². The van der Waals surface area contributed by atoms with Crippen LogP contribution in [0.3, 0.4) is 0 Å². The maximum atomic E-state index is 5.62. The van der Waals surface area contributed by atoms with E-state index in [-0.39, 0.29) is 5.92 Å². The van der Waals surface area contributed by atoms with E-state index in [1.165, 1.54) is 0 Å². The smallest absolute Gasteiger partial charge is 0.261 e. The van der Waals surface area contributed by atoms with Gasteiger partial charge in [0.15, 0.2) is 5.82 Å². The molecule has 0 saturated carbocycles. The van der Waals surface area contributed by atoms with Crippen LogP contribution in [0.2, 0.25) is 0 Å². The van der Waals surface area contributed by atoms with Crippen LogP contribution in [0, 0.1) is 0 Å².